The van der Waals surface area contributed by atoms with E-state index in [0.29, 0.717) is 6.54 Å². The zero-order valence-corrected chi connectivity index (χ0v) is 11.6. The summed E-state index contributed by atoms with van der Waals surface area (Å²) in [7, 11) is 1.65. The fourth-order valence-corrected chi connectivity index (χ4v) is 2.60. The van der Waals surface area contributed by atoms with Crippen LogP contribution in [0.25, 0.3) is 0 Å². The van der Waals surface area contributed by atoms with Crippen molar-refractivity contribution in [3.05, 3.63) is 20.8 Å². The molecule has 5 nitrogen and oxygen atoms in total. The van der Waals surface area contributed by atoms with Gasteiger partial charge in [-0.25, -0.2) is 4.79 Å². The molecule has 1 aromatic heterocycles. The van der Waals surface area contributed by atoms with Crippen LogP contribution in [-0.4, -0.2) is 42.1 Å². The van der Waals surface area contributed by atoms with Gasteiger partial charge in [-0.15, -0.1) is 11.3 Å². The molecule has 0 spiro atoms. The Morgan fingerprint density at radius 1 is 1.53 bits per heavy atom. The summed E-state index contributed by atoms with van der Waals surface area (Å²) in [6, 6.07) is 1.94. The first-order valence-electron chi connectivity index (χ1n) is 4.75. The van der Waals surface area contributed by atoms with E-state index < -0.39 is 12.6 Å². The van der Waals surface area contributed by atoms with Crippen LogP contribution in [-0.2, 0) is 20.9 Å². The molecule has 0 aliphatic heterocycles. The average molecular weight is 322 g/mol. The monoisotopic (exact) mass is 321 g/mol. The number of carboxylic acid groups (broad SMARTS) is 1. The lowest BCUT2D eigenvalue weighted by atomic mass is 10.4. The molecule has 17 heavy (non-hydrogen) atoms. The van der Waals surface area contributed by atoms with Crippen molar-refractivity contribution in [2.24, 2.45) is 0 Å². The number of carbonyl (C=O) groups is 2. The van der Waals surface area contributed by atoms with Crippen LogP contribution in [0.5, 0.6) is 0 Å². The van der Waals surface area contributed by atoms with E-state index in [9.17, 15) is 9.59 Å². The van der Waals surface area contributed by atoms with Crippen LogP contribution < -0.4 is 0 Å². The molecule has 0 aliphatic rings. The number of carbonyl (C=O) groups excluding carboxylic acids is 1. The molecule has 1 heterocycles. The van der Waals surface area contributed by atoms with Gasteiger partial charge in [0.25, 0.3) is 0 Å². The number of halogens is 1. The highest BCUT2D eigenvalue weighted by molar-refractivity contribution is 9.10. The summed E-state index contributed by atoms with van der Waals surface area (Å²) in [5, 5.41) is 10.3. The third kappa shape index (κ3) is 5.29. The van der Waals surface area contributed by atoms with Gasteiger partial charge < -0.3 is 14.7 Å². The lowest BCUT2D eigenvalue weighted by molar-refractivity contribution is -0.145. The highest BCUT2D eigenvalue weighted by Crippen LogP contribution is 2.20. The summed E-state index contributed by atoms with van der Waals surface area (Å²) in [6.07, 6.45) is 0. The molecule has 0 aromatic carbocycles. The first-order valence-corrected chi connectivity index (χ1v) is 6.42. The molecule has 0 fully saturated rings. The van der Waals surface area contributed by atoms with Gasteiger partial charge in [0, 0.05) is 21.8 Å². The first-order chi connectivity index (χ1) is 7.99. The molecule has 0 aliphatic carbocycles. The number of carboxylic acids is 1. The zero-order valence-electron chi connectivity index (χ0n) is 9.18. The summed E-state index contributed by atoms with van der Waals surface area (Å²) in [5.41, 5.74) is 0. The standard InChI is InChI=1S/C10H12BrNO4S/c1-12(3-8-2-7(11)6-17-8)9(13)4-16-5-10(14)15/h2,6H,3-5H2,1H3,(H,14,15). The predicted octanol–water partition coefficient (Wildman–Crippen LogP) is 1.57. The minimum atomic E-state index is -1.08. The van der Waals surface area contributed by atoms with E-state index in [1.54, 1.807) is 18.4 Å². The molecular weight excluding hydrogens is 310 g/mol. The summed E-state index contributed by atoms with van der Waals surface area (Å²) < 4.78 is 5.71. The quantitative estimate of drug-likeness (QED) is 0.863. The fourth-order valence-electron chi connectivity index (χ4n) is 1.09. The Balaban J connectivity index is 2.34. The highest BCUT2D eigenvalue weighted by Gasteiger charge is 2.11. The highest BCUT2D eigenvalue weighted by atomic mass is 79.9. The van der Waals surface area contributed by atoms with Crippen molar-refractivity contribution in [3.63, 3.8) is 0 Å². The molecule has 0 radical (unpaired) electrons. The molecule has 1 aromatic rings. The number of likely N-dealkylation sites (N-methyl/N-ethyl adjacent to an activating group) is 1. The largest absolute Gasteiger partial charge is 0.480 e. The lowest BCUT2D eigenvalue weighted by Crippen LogP contribution is -2.30. The van der Waals surface area contributed by atoms with Crippen molar-refractivity contribution >= 4 is 39.1 Å². The first kappa shape index (κ1) is 14.1. The number of ether oxygens (including phenoxy) is 1. The second-order valence-electron chi connectivity index (χ2n) is 3.37. The van der Waals surface area contributed by atoms with Gasteiger partial charge >= 0.3 is 5.97 Å². The van der Waals surface area contributed by atoms with Crippen LogP contribution in [0.15, 0.2) is 15.9 Å². The minimum Gasteiger partial charge on any atom is -0.480 e. The van der Waals surface area contributed by atoms with E-state index in [1.807, 2.05) is 11.4 Å². The maximum Gasteiger partial charge on any atom is 0.329 e. The van der Waals surface area contributed by atoms with Crippen LogP contribution in [0.4, 0.5) is 0 Å². The number of amides is 1. The number of nitrogens with zero attached hydrogens (tertiary/aromatic N) is 1. The average Bonchev–Trinajstić information content (AvgIpc) is 2.63. The van der Waals surface area contributed by atoms with Crippen LogP contribution in [0, 0.1) is 0 Å². The van der Waals surface area contributed by atoms with Crippen molar-refractivity contribution in [1.82, 2.24) is 4.90 Å². The minimum absolute atomic E-state index is 0.213. The number of rotatable bonds is 6. The van der Waals surface area contributed by atoms with Gasteiger partial charge in [0.15, 0.2) is 0 Å². The number of thiophene rings is 1. The van der Waals surface area contributed by atoms with Crippen molar-refractivity contribution < 1.29 is 19.4 Å². The van der Waals surface area contributed by atoms with E-state index in [0.717, 1.165) is 9.35 Å². The molecule has 0 saturated heterocycles. The van der Waals surface area contributed by atoms with Gasteiger partial charge in [0.2, 0.25) is 5.91 Å². The topological polar surface area (TPSA) is 66.8 Å². The maximum atomic E-state index is 11.5. The van der Waals surface area contributed by atoms with Crippen LogP contribution in [0.2, 0.25) is 0 Å². The van der Waals surface area contributed by atoms with E-state index >= 15 is 0 Å². The van der Waals surface area contributed by atoms with Crippen LogP contribution >= 0.6 is 27.3 Å². The second kappa shape index (κ2) is 6.73. The molecule has 94 valence electrons. The van der Waals surface area contributed by atoms with Gasteiger partial charge in [0.1, 0.15) is 13.2 Å². The number of hydrogen-bond donors (Lipinski definition) is 1. The molecule has 0 atom stereocenters. The summed E-state index contributed by atoms with van der Waals surface area (Å²) in [4.78, 5) is 24.3. The van der Waals surface area contributed by atoms with Gasteiger partial charge in [-0.05, 0) is 22.0 Å². The third-order valence-electron chi connectivity index (χ3n) is 1.89. The van der Waals surface area contributed by atoms with E-state index in [1.165, 1.54) is 4.90 Å². The number of hydrogen-bond acceptors (Lipinski definition) is 4. The smallest absolute Gasteiger partial charge is 0.329 e. The number of aliphatic carboxylic acids is 1. The van der Waals surface area contributed by atoms with E-state index in [2.05, 4.69) is 15.9 Å². The molecule has 0 saturated carbocycles. The molecule has 1 amide bonds. The Labute approximate surface area is 111 Å². The normalized spacial score (nSPS) is 10.2. The van der Waals surface area contributed by atoms with Crippen LogP contribution in [0.3, 0.4) is 0 Å². The SMILES string of the molecule is CN(Cc1cc(Br)cs1)C(=O)COCC(=O)O. The van der Waals surface area contributed by atoms with Gasteiger partial charge in [-0.3, -0.25) is 4.79 Å². The Morgan fingerprint density at radius 3 is 2.76 bits per heavy atom. The molecule has 0 unspecified atom stereocenters. The Hall–Kier alpha value is -0.920. The van der Waals surface area contributed by atoms with Crippen LogP contribution in [0.1, 0.15) is 4.88 Å². The molecule has 7 heteroatoms. The van der Waals surface area contributed by atoms with Crippen molar-refractivity contribution in [2.45, 2.75) is 6.54 Å². The Morgan fingerprint density at radius 2 is 2.24 bits per heavy atom. The van der Waals surface area contributed by atoms with Gasteiger partial charge in [0.05, 0.1) is 6.54 Å². The van der Waals surface area contributed by atoms with Gasteiger partial charge in [-0.1, -0.05) is 0 Å². The second-order valence-corrected chi connectivity index (χ2v) is 5.28. The summed E-state index contributed by atoms with van der Waals surface area (Å²) >= 11 is 4.88. The molecule has 0 bridgehead atoms. The fraction of sp³-hybridized carbons (Fsp3) is 0.400. The van der Waals surface area contributed by atoms with Crippen molar-refractivity contribution in [1.29, 1.82) is 0 Å². The van der Waals surface area contributed by atoms with Crippen molar-refractivity contribution in [2.75, 3.05) is 20.3 Å². The lowest BCUT2D eigenvalue weighted by Gasteiger charge is -2.15. The Kier molecular flexibility index (Phi) is 5.60. The molecular formula is C10H12BrNO4S. The van der Waals surface area contributed by atoms with Gasteiger partial charge in [-0.2, -0.15) is 0 Å². The van der Waals surface area contributed by atoms with Crippen molar-refractivity contribution in [3.8, 4) is 0 Å². The summed E-state index contributed by atoms with van der Waals surface area (Å²) in [5.74, 6) is -1.32. The third-order valence-corrected chi connectivity index (χ3v) is 3.57. The maximum absolute atomic E-state index is 11.5. The molecule has 1 rings (SSSR count). The summed E-state index contributed by atoms with van der Waals surface area (Å²) in [6.45, 7) is -0.176. The van der Waals surface area contributed by atoms with E-state index in [4.69, 9.17) is 9.84 Å². The zero-order chi connectivity index (χ0) is 12.8. The molecule has 1 N–H and O–H groups in total. The van der Waals surface area contributed by atoms with E-state index in [-0.39, 0.29) is 12.5 Å². The predicted molar refractivity (Wildman–Crippen MR) is 66.9 cm³/mol. The Bertz CT molecular complexity index is 407.